The van der Waals surface area contributed by atoms with Gasteiger partial charge in [-0.2, -0.15) is 0 Å². The van der Waals surface area contributed by atoms with Crippen molar-refractivity contribution < 1.29 is 9.22 Å². The molecule has 0 aliphatic carbocycles. The van der Waals surface area contributed by atoms with Gasteiger partial charge in [-0.05, 0) is 40.8 Å². The quantitative estimate of drug-likeness (QED) is 0.716. The fraction of sp³-hybridized carbons (Fsp3) is 0.100. The van der Waals surface area contributed by atoms with Gasteiger partial charge in [-0.1, -0.05) is 72.8 Å². The Labute approximate surface area is 146 Å². The van der Waals surface area contributed by atoms with E-state index in [1.807, 2.05) is 49.5 Å². The molecule has 4 heteroatoms. The predicted molar refractivity (Wildman–Crippen MR) is 104 cm³/mol. The molecule has 0 aromatic heterocycles. The van der Waals surface area contributed by atoms with E-state index in [1.165, 1.54) is 10.4 Å². The highest BCUT2D eigenvalue weighted by molar-refractivity contribution is 6.83. The van der Waals surface area contributed by atoms with Crippen molar-refractivity contribution >= 4 is 32.9 Å². The SMILES string of the molecule is C[Si](C)(O)c1ccc(O[Si](c2ccccc2)c2ccccc2)cc1. The van der Waals surface area contributed by atoms with Crippen LogP contribution in [-0.4, -0.2) is 22.2 Å². The maximum atomic E-state index is 10.2. The highest BCUT2D eigenvalue weighted by atomic mass is 28.4. The van der Waals surface area contributed by atoms with E-state index in [-0.39, 0.29) is 0 Å². The van der Waals surface area contributed by atoms with E-state index in [0.29, 0.717) is 0 Å². The maximum absolute atomic E-state index is 10.2. The summed E-state index contributed by atoms with van der Waals surface area (Å²) in [7, 11) is -3.62. The van der Waals surface area contributed by atoms with Gasteiger partial charge in [-0.25, -0.2) is 0 Å². The first-order chi connectivity index (χ1) is 11.5. The molecule has 3 aromatic rings. The first-order valence-electron chi connectivity index (χ1n) is 8.02. The Kier molecular flexibility index (Phi) is 4.99. The molecule has 0 heterocycles. The van der Waals surface area contributed by atoms with Crippen LogP contribution < -0.4 is 20.0 Å². The van der Waals surface area contributed by atoms with Gasteiger partial charge < -0.3 is 9.22 Å². The van der Waals surface area contributed by atoms with Crippen LogP contribution in [-0.2, 0) is 0 Å². The Morgan fingerprint density at radius 2 is 1.17 bits per heavy atom. The Morgan fingerprint density at radius 1 is 0.708 bits per heavy atom. The molecule has 0 amide bonds. The van der Waals surface area contributed by atoms with E-state index in [1.54, 1.807) is 0 Å². The third-order valence-electron chi connectivity index (χ3n) is 3.85. The van der Waals surface area contributed by atoms with Gasteiger partial charge in [0.1, 0.15) is 5.75 Å². The van der Waals surface area contributed by atoms with Crippen molar-refractivity contribution in [2.24, 2.45) is 0 Å². The number of rotatable bonds is 5. The first kappa shape index (κ1) is 16.7. The number of hydrogen-bond donors (Lipinski definition) is 1. The van der Waals surface area contributed by atoms with Crippen molar-refractivity contribution in [3.8, 4) is 5.75 Å². The monoisotopic (exact) mass is 349 g/mol. The summed E-state index contributed by atoms with van der Waals surface area (Å²) < 4.78 is 6.39. The van der Waals surface area contributed by atoms with Gasteiger partial charge in [0.15, 0.2) is 0 Å². The Balaban J connectivity index is 1.90. The van der Waals surface area contributed by atoms with Crippen LogP contribution in [0.1, 0.15) is 0 Å². The minimum absolute atomic E-state index is 0.846. The van der Waals surface area contributed by atoms with Crippen LogP contribution in [0.2, 0.25) is 13.1 Å². The molecule has 121 valence electrons. The zero-order valence-corrected chi connectivity index (χ0v) is 15.9. The molecule has 0 aliphatic heterocycles. The fourth-order valence-corrected chi connectivity index (χ4v) is 5.43. The zero-order chi connectivity index (χ0) is 17.0. The summed E-state index contributed by atoms with van der Waals surface area (Å²) in [6.45, 7) is 3.85. The van der Waals surface area contributed by atoms with Crippen LogP contribution >= 0.6 is 0 Å². The van der Waals surface area contributed by atoms with Gasteiger partial charge in [-0.15, -0.1) is 0 Å². The number of benzene rings is 3. The second kappa shape index (κ2) is 7.17. The first-order valence-corrected chi connectivity index (χ1v) is 12.4. The van der Waals surface area contributed by atoms with Gasteiger partial charge >= 0.3 is 9.04 Å². The third-order valence-corrected chi connectivity index (χ3v) is 7.75. The van der Waals surface area contributed by atoms with Crippen molar-refractivity contribution in [3.63, 3.8) is 0 Å². The van der Waals surface area contributed by atoms with Gasteiger partial charge in [0, 0.05) is 0 Å². The van der Waals surface area contributed by atoms with Gasteiger partial charge in [0.05, 0.1) is 0 Å². The average molecular weight is 350 g/mol. The summed E-state index contributed by atoms with van der Waals surface area (Å²) in [6, 6.07) is 28.7. The summed E-state index contributed by atoms with van der Waals surface area (Å²) in [5.41, 5.74) is 0. The molecule has 0 atom stereocenters. The molecule has 0 saturated heterocycles. The van der Waals surface area contributed by atoms with Crippen molar-refractivity contribution in [1.29, 1.82) is 0 Å². The lowest BCUT2D eigenvalue weighted by Gasteiger charge is -2.19. The molecule has 0 bridgehead atoms. The largest absolute Gasteiger partial charge is 0.533 e. The Bertz CT molecular complexity index is 727. The van der Waals surface area contributed by atoms with Crippen LogP contribution in [0.4, 0.5) is 0 Å². The minimum Gasteiger partial charge on any atom is -0.533 e. The third kappa shape index (κ3) is 4.03. The van der Waals surface area contributed by atoms with Crippen molar-refractivity contribution in [2.75, 3.05) is 0 Å². The van der Waals surface area contributed by atoms with E-state index in [2.05, 4.69) is 48.5 Å². The maximum Gasteiger partial charge on any atom is 0.352 e. The lowest BCUT2D eigenvalue weighted by molar-refractivity contribution is 0.568. The lowest BCUT2D eigenvalue weighted by atomic mass is 10.3. The van der Waals surface area contributed by atoms with Crippen LogP contribution in [0.5, 0.6) is 5.75 Å². The Hall–Kier alpha value is -2.15. The molecule has 0 aliphatic rings. The van der Waals surface area contributed by atoms with Crippen LogP contribution in [0, 0.1) is 0 Å². The molecular formula is C20H21O2Si2. The molecule has 0 saturated carbocycles. The van der Waals surface area contributed by atoms with Crippen LogP contribution in [0.15, 0.2) is 84.9 Å². The zero-order valence-electron chi connectivity index (χ0n) is 13.9. The normalized spacial score (nSPS) is 11.5. The smallest absolute Gasteiger partial charge is 0.352 e. The molecule has 1 N–H and O–H groups in total. The highest BCUT2D eigenvalue weighted by Gasteiger charge is 2.23. The summed E-state index contributed by atoms with van der Waals surface area (Å²) in [5.74, 6) is 0.846. The molecule has 0 fully saturated rings. The fourth-order valence-electron chi connectivity index (χ4n) is 2.51. The molecular weight excluding hydrogens is 328 g/mol. The van der Waals surface area contributed by atoms with E-state index in [0.717, 1.165) is 10.9 Å². The summed E-state index contributed by atoms with van der Waals surface area (Å²) in [5, 5.41) is 3.45. The molecule has 3 rings (SSSR count). The van der Waals surface area contributed by atoms with E-state index in [9.17, 15) is 4.80 Å². The lowest BCUT2D eigenvalue weighted by Crippen LogP contribution is -2.47. The molecule has 0 unspecified atom stereocenters. The van der Waals surface area contributed by atoms with Crippen LogP contribution in [0.3, 0.4) is 0 Å². The van der Waals surface area contributed by atoms with E-state index < -0.39 is 17.4 Å². The summed E-state index contributed by atoms with van der Waals surface area (Å²) in [6.07, 6.45) is 0. The second-order valence-electron chi connectivity index (χ2n) is 6.25. The van der Waals surface area contributed by atoms with Gasteiger partial charge in [0.25, 0.3) is 0 Å². The predicted octanol–water partition coefficient (Wildman–Crippen LogP) is 2.28. The molecule has 3 aromatic carbocycles. The van der Waals surface area contributed by atoms with Gasteiger partial charge in [0.2, 0.25) is 8.32 Å². The number of hydrogen-bond acceptors (Lipinski definition) is 2. The highest BCUT2D eigenvalue weighted by Crippen LogP contribution is 2.11. The van der Waals surface area contributed by atoms with Crippen LogP contribution in [0.25, 0.3) is 0 Å². The summed E-state index contributed by atoms with van der Waals surface area (Å²) in [4.78, 5) is 10.2. The minimum atomic E-state index is -2.27. The van der Waals surface area contributed by atoms with Crippen molar-refractivity contribution in [2.45, 2.75) is 13.1 Å². The molecule has 24 heavy (non-hydrogen) atoms. The topological polar surface area (TPSA) is 29.5 Å². The second-order valence-corrected chi connectivity index (χ2v) is 12.0. The van der Waals surface area contributed by atoms with Crippen molar-refractivity contribution in [1.82, 2.24) is 0 Å². The molecule has 0 spiro atoms. The molecule has 1 radical (unpaired) electrons. The summed E-state index contributed by atoms with van der Waals surface area (Å²) >= 11 is 0. The van der Waals surface area contributed by atoms with Gasteiger partial charge in [-0.3, -0.25) is 0 Å². The average Bonchev–Trinajstić information content (AvgIpc) is 2.61. The Morgan fingerprint density at radius 3 is 1.58 bits per heavy atom. The van der Waals surface area contributed by atoms with E-state index in [4.69, 9.17) is 4.43 Å². The van der Waals surface area contributed by atoms with Crippen molar-refractivity contribution in [3.05, 3.63) is 84.9 Å². The van der Waals surface area contributed by atoms with E-state index >= 15 is 0 Å². The molecule has 2 nitrogen and oxygen atoms in total. The standard InChI is InChI=1S/C20H21O2Si2/c1-24(2,21)20-15-13-17(14-16-20)22-23(18-9-5-3-6-10-18)19-11-7-4-8-12-19/h3-16,21H,1-2H3.